The first-order valence-corrected chi connectivity index (χ1v) is 8.31. The number of hydrogen-bond acceptors (Lipinski definition) is 4. The number of benzene rings is 1. The third kappa shape index (κ3) is 3.09. The number of piperidine rings is 1. The fourth-order valence-corrected chi connectivity index (χ4v) is 4.58. The SMILES string of the molecule is COCC1CCN(S(=O)(=O)c2c(N)cccc2Cl)CC1. The van der Waals surface area contributed by atoms with Crippen molar-refractivity contribution >= 4 is 27.3 Å². The van der Waals surface area contributed by atoms with E-state index in [-0.39, 0.29) is 15.6 Å². The normalized spacial score (nSPS) is 18.3. The maximum Gasteiger partial charge on any atom is 0.246 e. The molecule has 112 valence electrons. The molecule has 0 saturated carbocycles. The first kappa shape index (κ1) is 15.6. The monoisotopic (exact) mass is 318 g/mol. The number of nitrogens with zero attached hydrogens (tertiary/aromatic N) is 1. The molecule has 0 spiro atoms. The van der Waals surface area contributed by atoms with Crippen molar-refractivity contribution in [1.29, 1.82) is 0 Å². The van der Waals surface area contributed by atoms with Gasteiger partial charge < -0.3 is 10.5 Å². The Morgan fingerprint density at radius 3 is 2.60 bits per heavy atom. The van der Waals surface area contributed by atoms with Crippen LogP contribution in [0.2, 0.25) is 5.02 Å². The molecule has 1 aromatic carbocycles. The van der Waals surface area contributed by atoms with Crippen molar-refractivity contribution < 1.29 is 13.2 Å². The predicted octanol–water partition coefficient (Wildman–Crippen LogP) is 1.97. The van der Waals surface area contributed by atoms with Gasteiger partial charge in [-0.2, -0.15) is 4.31 Å². The maximum atomic E-state index is 12.6. The number of sulfonamides is 1. The van der Waals surface area contributed by atoms with Crippen molar-refractivity contribution in [3.63, 3.8) is 0 Å². The van der Waals surface area contributed by atoms with Crippen LogP contribution in [0.1, 0.15) is 12.8 Å². The summed E-state index contributed by atoms with van der Waals surface area (Å²) < 4.78 is 31.8. The number of nitrogens with two attached hydrogens (primary N) is 1. The van der Waals surface area contributed by atoms with Crippen molar-refractivity contribution in [2.45, 2.75) is 17.7 Å². The summed E-state index contributed by atoms with van der Waals surface area (Å²) in [6.45, 7) is 1.62. The molecule has 0 amide bonds. The van der Waals surface area contributed by atoms with Crippen LogP contribution in [0.15, 0.2) is 23.1 Å². The van der Waals surface area contributed by atoms with Crippen LogP contribution in [0.4, 0.5) is 5.69 Å². The molecule has 1 aliphatic heterocycles. The minimum atomic E-state index is -3.63. The second-order valence-corrected chi connectivity index (χ2v) is 7.24. The number of ether oxygens (including phenoxy) is 1. The van der Waals surface area contributed by atoms with Gasteiger partial charge in [0.2, 0.25) is 10.0 Å². The number of anilines is 1. The topological polar surface area (TPSA) is 72.6 Å². The van der Waals surface area contributed by atoms with Crippen molar-refractivity contribution in [1.82, 2.24) is 4.31 Å². The fourth-order valence-electron chi connectivity index (χ4n) is 2.48. The summed E-state index contributed by atoms with van der Waals surface area (Å²) in [5.41, 5.74) is 5.97. The van der Waals surface area contributed by atoms with Gasteiger partial charge in [-0.3, -0.25) is 0 Å². The minimum Gasteiger partial charge on any atom is -0.398 e. The van der Waals surface area contributed by atoms with Gasteiger partial charge in [0.05, 0.1) is 10.7 Å². The molecule has 0 aromatic heterocycles. The summed E-state index contributed by atoms with van der Waals surface area (Å²) in [7, 11) is -1.97. The third-order valence-electron chi connectivity index (χ3n) is 3.57. The van der Waals surface area contributed by atoms with Gasteiger partial charge in [0, 0.05) is 26.8 Å². The van der Waals surface area contributed by atoms with Crippen LogP contribution in [0.3, 0.4) is 0 Å². The number of hydrogen-bond donors (Lipinski definition) is 1. The van der Waals surface area contributed by atoms with Gasteiger partial charge in [0.25, 0.3) is 0 Å². The zero-order valence-corrected chi connectivity index (χ0v) is 13.0. The van der Waals surface area contributed by atoms with Crippen LogP contribution in [-0.4, -0.2) is 39.5 Å². The van der Waals surface area contributed by atoms with Crippen LogP contribution >= 0.6 is 11.6 Å². The van der Waals surface area contributed by atoms with E-state index in [9.17, 15) is 8.42 Å². The summed E-state index contributed by atoms with van der Waals surface area (Å²) in [6.07, 6.45) is 1.58. The highest BCUT2D eigenvalue weighted by Gasteiger charge is 2.32. The number of halogens is 1. The van der Waals surface area contributed by atoms with E-state index in [4.69, 9.17) is 22.1 Å². The highest BCUT2D eigenvalue weighted by Crippen LogP contribution is 2.32. The average molecular weight is 319 g/mol. The van der Waals surface area contributed by atoms with E-state index in [1.807, 2.05) is 0 Å². The van der Waals surface area contributed by atoms with E-state index in [1.54, 1.807) is 25.3 Å². The van der Waals surface area contributed by atoms with Gasteiger partial charge in [-0.15, -0.1) is 0 Å². The number of methoxy groups -OCH3 is 1. The Hall–Kier alpha value is -0.820. The Kier molecular flexibility index (Phi) is 4.90. The molecule has 20 heavy (non-hydrogen) atoms. The molecule has 5 nitrogen and oxygen atoms in total. The largest absolute Gasteiger partial charge is 0.398 e. The molecule has 2 N–H and O–H groups in total. The predicted molar refractivity (Wildman–Crippen MR) is 79.2 cm³/mol. The smallest absolute Gasteiger partial charge is 0.246 e. The molecule has 1 fully saturated rings. The van der Waals surface area contributed by atoms with E-state index in [1.165, 1.54) is 4.31 Å². The molecule has 2 rings (SSSR count). The molecule has 1 aliphatic rings. The van der Waals surface area contributed by atoms with E-state index in [0.717, 1.165) is 12.8 Å². The van der Waals surface area contributed by atoms with Gasteiger partial charge in [-0.25, -0.2) is 8.42 Å². The van der Waals surface area contributed by atoms with Gasteiger partial charge in [-0.05, 0) is 30.9 Å². The summed E-state index contributed by atoms with van der Waals surface area (Å²) in [5, 5.41) is 0.170. The van der Waals surface area contributed by atoms with E-state index < -0.39 is 10.0 Å². The fraction of sp³-hybridized carbons (Fsp3) is 0.538. The van der Waals surface area contributed by atoms with Crippen LogP contribution in [-0.2, 0) is 14.8 Å². The number of rotatable bonds is 4. The molecule has 1 aromatic rings. The summed E-state index contributed by atoms with van der Waals surface area (Å²) in [6, 6.07) is 4.74. The Morgan fingerprint density at radius 1 is 1.40 bits per heavy atom. The molecule has 0 aliphatic carbocycles. The summed E-state index contributed by atoms with van der Waals surface area (Å²) in [4.78, 5) is 0.0202. The van der Waals surface area contributed by atoms with Crippen molar-refractivity contribution in [2.75, 3.05) is 32.5 Å². The average Bonchev–Trinajstić information content (AvgIpc) is 2.39. The van der Waals surface area contributed by atoms with Gasteiger partial charge in [0.1, 0.15) is 4.90 Å². The van der Waals surface area contributed by atoms with Crippen LogP contribution in [0, 0.1) is 5.92 Å². The van der Waals surface area contributed by atoms with Crippen LogP contribution < -0.4 is 5.73 Å². The summed E-state index contributed by atoms with van der Waals surface area (Å²) >= 11 is 6.01. The van der Waals surface area contributed by atoms with Crippen LogP contribution in [0.25, 0.3) is 0 Å². The molecular weight excluding hydrogens is 300 g/mol. The lowest BCUT2D eigenvalue weighted by Gasteiger charge is -2.31. The molecule has 7 heteroatoms. The summed E-state index contributed by atoms with van der Waals surface area (Å²) in [5.74, 6) is 0.412. The Labute approximate surface area is 124 Å². The van der Waals surface area contributed by atoms with Gasteiger partial charge in [-0.1, -0.05) is 17.7 Å². The molecule has 1 heterocycles. The van der Waals surface area contributed by atoms with Crippen molar-refractivity contribution in [3.8, 4) is 0 Å². The third-order valence-corrected chi connectivity index (χ3v) is 6.01. The Balaban J connectivity index is 2.20. The lowest BCUT2D eigenvalue weighted by Crippen LogP contribution is -2.39. The molecule has 0 unspecified atom stereocenters. The van der Waals surface area contributed by atoms with Crippen LogP contribution in [0.5, 0.6) is 0 Å². The van der Waals surface area contributed by atoms with Crippen molar-refractivity contribution in [3.05, 3.63) is 23.2 Å². The van der Waals surface area contributed by atoms with Gasteiger partial charge in [0.15, 0.2) is 0 Å². The minimum absolute atomic E-state index is 0.0202. The molecular formula is C13H19ClN2O3S. The standard InChI is InChI=1S/C13H19ClN2O3S/c1-19-9-10-5-7-16(8-6-10)20(17,18)13-11(14)3-2-4-12(13)15/h2-4,10H,5-9,15H2,1H3. The van der Waals surface area contributed by atoms with E-state index in [0.29, 0.717) is 25.6 Å². The quantitative estimate of drug-likeness (QED) is 0.861. The Bertz CT molecular complexity index is 549. The zero-order chi connectivity index (χ0) is 14.8. The maximum absolute atomic E-state index is 12.6. The molecule has 0 atom stereocenters. The zero-order valence-electron chi connectivity index (χ0n) is 11.4. The number of nitrogen functional groups attached to an aromatic ring is 1. The first-order chi connectivity index (χ1) is 9.46. The highest BCUT2D eigenvalue weighted by molar-refractivity contribution is 7.89. The highest BCUT2D eigenvalue weighted by atomic mass is 35.5. The second-order valence-electron chi connectivity index (χ2n) is 4.96. The first-order valence-electron chi connectivity index (χ1n) is 6.50. The van der Waals surface area contributed by atoms with E-state index >= 15 is 0 Å². The molecule has 0 bridgehead atoms. The second kappa shape index (κ2) is 6.30. The van der Waals surface area contributed by atoms with Gasteiger partial charge >= 0.3 is 0 Å². The molecule has 1 saturated heterocycles. The Morgan fingerprint density at radius 2 is 2.05 bits per heavy atom. The molecule has 0 radical (unpaired) electrons. The van der Waals surface area contributed by atoms with Crippen molar-refractivity contribution in [2.24, 2.45) is 5.92 Å². The lowest BCUT2D eigenvalue weighted by molar-refractivity contribution is 0.121. The lowest BCUT2D eigenvalue weighted by atomic mass is 9.99. The van der Waals surface area contributed by atoms with E-state index in [2.05, 4.69) is 0 Å².